The van der Waals surface area contributed by atoms with E-state index >= 15 is 0 Å². The molecule has 5 rings (SSSR count). The first kappa shape index (κ1) is 24.4. The van der Waals surface area contributed by atoms with Gasteiger partial charge in [-0.15, -0.1) is 0 Å². The maximum absolute atomic E-state index is 13.1. The summed E-state index contributed by atoms with van der Waals surface area (Å²) >= 11 is 6.10. The SMILES string of the molecule is CC1CCN(c2nc(N(C)Cc3ccccc3)nc3c2CN(C(=O)Nc2cccc(Cl)c2)CC3)CC1. The predicted octanol–water partition coefficient (Wildman–Crippen LogP) is 5.59. The maximum Gasteiger partial charge on any atom is 0.322 e. The summed E-state index contributed by atoms with van der Waals surface area (Å²) in [6, 6.07) is 17.5. The van der Waals surface area contributed by atoms with E-state index < -0.39 is 0 Å². The molecule has 1 aromatic heterocycles. The van der Waals surface area contributed by atoms with Gasteiger partial charge in [0.25, 0.3) is 0 Å². The monoisotopic (exact) mass is 504 g/mol. The molecule has 1 saturated heterocycles. The summed E-state index contributed by atoms with van der Waals surface area (Å²) in [4.78, 5) is 29.5. The molecule has 0 atom stereocenters. The van der Waals surface area contributed by atoms with Crippen LogP contribution in [0.15, 0.2) is 54.6 Å². The number of fused-ring (bicyclic) bond motifs is 1. The van der Waals surface area contributed by atoms with Crippen molar-refractivity contribution in [3.8, 4) is 0 Å². The van der Waals surface area contributed by atoms with Crippen molar-refractivity contribution < 1.29 is 4.79 Å². The second-order valence-electron chi connectivity index (χ2n) is 9.90. The van der Waals surface area contributed by atoms with Crippen molar-refractivity contribution >= 4 is 35.1 Å². The van der Waals surface area contributed by atoms with Crippen LogP contribution >= 0.6 is 11.6 Å². The molecule has 2 aromatic carbocycles. The molecule has 0 bridgehead atoms. The fourth-order valence-electron chi connectivity index (χ4n) is 4.91. The largest absolute Gasteiger partial charge is 0.356 e. The molecule has 0 radical (unpaired) electrons. The summed E-state index contributed by atoms with van der Waals surface area (Å²) in [6.07, 6.45) is 2.99. The van der Waals surface area contributed by atoms with Crippen molar-refractivity contribution in [3.63, 3.8) is 0 Å². The normalized spacial score (nSPS) is 16.0. The van der Waals surface area contributed by atoms with E-state index in [9.17, 15) is 4.79 Å². The molecule has 2 aliphatic heterocycles. The smallest absolute Gasteiger partial charge is 0.322 e. The van der Waals surface area contributed by atoms with Gasteiger partial charge >= 0.3 is 6.03 Å². The van der Waals surface area contributed by atoms with Crippen LogP contribution in [0.3, 0.4) is 0 Å². The number of urea groups is 1. The molecule has 8 heteroatoms. The van der Waals surface area contributed by atoms with Gasteiger partial charge in [0.05, 0.1) is 12.2 Å². The molecule has 3 heterocycles. The molecular formula is C28H33ClN6O. The molecule has 188 valence electrons. The number of carbonyl (C=O) groups is 1. The van der Waals surface area contributed by atoms with Crippen molar-refractivity contribution in [2.24, 2.45) is 5.92 Å². The van der Waals surface area contributed by atoms with Crippen LogP contribution in [0, 0.1) is 5.92 Å². The van der Waals surface area contributed by atoms with Gasteiger partial charge in [0.2, 0.25) is 5.95 Å². The number of piperidine rings is 1. The number of amides is 2. The zero-order chi connectivity index (χ0) is 25.1. The van der Waals surface area contributed by atoms with Gasteiger partial charge in [0, 0.05) is 55.9 Å². The fourth-order valence-corrected chi connectivity index (χ4v) is 5.10. The number of benzene rings is 2. The molecule has 2 amide bonds. The summed E-state index contributed by atoms with van der Waals surface area (Å²) in [5.74, 6) is 2.43. The fraction of sp³-hybridized carbons (Fsp3) is 0.393. The zero-order valence-corrected chi connectivity index (χ0v) is 21.7. The second-order valence-corrected chi connectivity index (χ2v) is 10.3. The van der Waals surface area contributed by atoms with E-state index in [0.29, 0.717) is 30.2 Å². The van der Waals surface area contributed by atoms with E-state index in [4.69, 9.17) is 21.6 Å². The number of aromatic nitrogens is 2. The highest BCUT2D eigenvalue weighted by Crippen LogP contribution is 2.32. The van der Waals surface area contributed by atoms with Gasteiger partial charge in [0.15, 0.2) is 0 Å². The Bertz CT molecular complexity index is 1210. The van der Waals surface area contributed by atoms with E-state index in [1.807, 2.05) is 30.1 Å². The molecule has 0 saturated carbocycles. The topological polar surface area (TPSA) is 64.6 Å². The zero-order valence-electron chi connectivity index (χ0n) is 21.0. The van der Waals surface area contributed by atoms with Crippen molar-refractivity contribution in [1.82, 2.24) is 14.9 Å². The standard InChI is InChI=1S/C28H33ClN6O/c1-20-11-14-34(15-12-20)26-24-19-35(28(36)30-23-10-6-9-22(29)17-23)16-13-25(24)31-27(32-26)33(2)18-21-7-4-3-5-8-21/h3-10,17,20H,11-16,18-19H2,1-2H3,(H,30,36). The van der Waals surface area contributed by atoms with Gasteiger partial charge in [-0.2, -0.15) is 4.98 Å². The first-order valence-corrected chi connectivity index (χ1v) is 13.1. The maximum atomic E-state index is 13.1. The van der Waals surface area contributed by atoms with Crippen molar-refractivity contribution in [1.29, 1.82) is 0 Å². The van der Waals surface area contributed by atoms with Crippen LogP contribution in [-0.2, 0) is 19.5 Å². The number of nitrogens with one attached hydrogen (secondary N) is 1. The third kappa shape index (κ3) is 5.57. The Morgan fingerprint density at radius 1 is 1.08 bits per heavy atom. The lowest BCUT2D eigenvalue weighted by atomic mass is 9.98. The van der Waals surface area contributed by atoms with E-state index in [0.717, 1.165) is 61.4 Å². The number of hydrogen-bond donors (Lipinski definition) is 1. The number of rotatable bonds is 5. The first-order chi connectivity index (χ1) is 17.5. The van der Waals surface area contributed by atoms with E-state index in [1.165, 1.54) is 5.56 Å². The van der Waals surface area contributed by atoms with Crippen LogP contribution in [0.4, 0.5) is 22.2 Å². The summed E-state index contributed by atoms with van der Waals surface area (Å²) < 4.78 is 0. The number of anilines is 3. The first-order valence-electron chi connectivity index (χ1n) is 12.7. The summed E-state index contributed by atoms with van der Waals surface area (Å²) in [5, 5.41) is 3.58. The molecule has 36 heavy (non-hydrogen) atoms. The average molecular weight is 505 g/mol. The lowest BCUT2D eigenvalue weighted by Gasteiger charge is -2.36. The molecule has 1 N–H and O–H groups in total. The van der Waals surface area contributed by atoms with Crippen molar-refractivity contribution in [3.05, 3.63) is 76.4 Å². The minimum Gasteiger partial charge on any atom is -0.356 e. The second kappa shape index (κ2) is 10.7. The Morgan fingerprint density at radius 2 is 1.86 bits per heavy atom. The Hall–Kier alpha value is -3.32. The summed E-state index contributed by atoms with van der Waals surface area (Å²) in [7, 11) is 2.05. The van der Waals surface area contributed by atoms with Crippen LogP contribution in [-0.4, -0.2) is 47.6 Å². The van der Waals surface area contributed by atoms with Gasteiger partial charge in [-0.05, 0) is 42.5 Å². The predicted molar refractivity (Wildman–Crippen MR) is 146 cm³/mol. The molecule has 2 aliphatic rings. The highest BCUT2D eigenvalue weighted by atomic mass is 35.5. The summed E-state index contributed by atoms with van der Waals surface area (Å²) in [5.41, 5.74) is 4.02. The van der Waals surface area contributed by atoms with Gasteiger partial charge in [0.1, 0.15) is 5.82 Å². The third-order valence-corrected chi connectivity index (χ3v) is 7.31. The third-order valence-electron chi connectivity index (χ3n) is 7.08. The Morgan fingerprint density at radius 3 is 2.61 bits per heavy atom. The quantitative estimate of drug-likeness (QED) is 0.490. The van der Waals surface area contributed by atoms with E-state index in [1.54, 1.807) is 12.1 Å². The van der Waals surface area contributed by atoms with Crippen LogP contribution < -0.4 is 15.1 Å². The lowest BCUT2D eigenvalue weighted by molar-refractivity contribution is 0.206. The molecule has 0 aliphatic carbocycles. The van der Waals surface area contributed by atoms with Gasteiger partial charge in [-0.1, -0.05) is 54.9 Å². The highest BCUT2D eigenvalue weighted by Gasteiger charge is 2.29. The molecule has 0 spiro atoms. The van der Waals surface area contributed by atoms with Crippen LogP contribution in [0.25, 0.3) is 0 Å². The van der Waals surface area contributed by atoms with E-state index in [-0.39, 0.29) is 6.03 Å². The van der Waals surface area contributed by atoms with Gasteiger partial charge in [-0.3, -0.25) is 0 Å². The molecule has 1 fully saturated rings. The van der Waals surface area contributed by atoms with Crippen LogP contribution in [0.5, 0.6) is 0 Å². The number of nitrogens with zero attached hydrogens (tertiary/aromatic N) is 5. The summed E-state index contributed by atoms with van der Waals surface area (Å²) in [6.45, 7) is 6.10. The number of hydrogen-bond acceptors (Lipinski definition) is 5. The Kier molecular flexibility index (Phi) is 7.28. The minimum atomic E-state index is -0.133. The van der Waals surface area contributed by atoms with Crippen LogP contribution in [0.1, 0.15) is 36.6 Å². The average Bonchev–Trinajstić information content (AvgIpc) is 2.89. The van der Waals surface area contributed by atoms with Crippen molar-refractivity contribution in [2.75, 3.05) is 41.8 Å². The Balaban J connectivity index is 1.41. The van der Waals surface area contributed by atoms with Gasteiger partial charge in [-0.25, -0.2) is 9.78 Å². The lowest BCUT2D eigenvalue weighted by Crippen LogP contribution is -2.41. The number of carbonyl (C=O) groups excluding carboxylic acids is 1. The molecule has 3 aromatic rings. The minimum absolute atomic E-state index is 0.133. The van der Waals surface area contributed by atoms with Gasteiger partial charge < -0.3 is 20.0 Å². The molecule has 0 unspecified atom stereocenters. The number of halogens is 1. The Labute approximate surface area is 218 Å². The molecule has 7 nitrogen and oxygen atoms in total. The van der Waals surface area contributed by atoms with E-state index in [2.05, 4.69) is 46.3 Å². The van der Waals surface area contributed by atoms with Crippen molar-refractivity contribution in [2.45, 2.75) is 39.3 Å². The highest BCUT2D eigenvalue weighted by molar-refractivity contribution is 6.30. The van der Waals surface area contributed by atoms with Crippen LogP contribution in [0.2, 0.25) is 5.02 Å². The molecular weight excluding hydrogens is 472 g/mol.